The van der Waals surface area contributed by atoms with Crippen LogP contribution in [0.15, 0.2) is 58.5 Å². The van der Waals surface area contributed by atoms with E-state index in [4.69, 9.17) is 0 Å². The van der Waals surface area contributed by atoms with Crippen molar-refractivity contribution in [2.45, 2.75) is 10.8 Å². The van der Waals surface area contributed by atoms with Crippen LogP contribution < -0.4 is 5.32 Å². The number of hydrogen-bond donors (Lipinski definition) is 1. The second kappa shape index (κ2) is 6.66. The molecule has 1 aromatic carbocycles. The molecule has 114 valence electrons. The molecule has 0 spiro atoms. The number of hydrogen-bond acceptors (Lipinski definition) is 7. The van der Waals surface area contributed by atoms with Gasteiger partial charge in [-0.15, -0.1) is 22.7 Å². The summed E-state index contributed by atoms with van der Waals surface area (Å²) in [5.74, 6) is 0.803. The van der Waals surface area contributed by atoms with Gasteiger partial charge in [0.15, 0.2) is 5.13 Å². The molecule has 4 rings (SSSR count). The highest BCUT2D eigenvalue weighted by molar-refractivity contribution is 7.98. The summed E-state index contributed by atoms with van der Waals surface area (Å²) in [4.78, 5) is 13.3. The quantitative estimate of drug-likeness (QED) is 0.394. The topological polar surface area (TPSA) is 50.7 Å². The molecule has 0 unspecified atom stereocenters. The molecule has 4 nitrogen and oxygen atoms in total. The van der Waals surface area contributed by atoms with Crippen LogP contribution in [0.2, 0.25) is 0 Å². The SMILES string of the molecule is c1ccc(Nc2nc(CSc3ncnc4ccsc34)cs2)cc1. The van der Waals surface area contributed by atoms with Gasteiger partial charge in [0.05, 0.1) is 15.9 Å². The first kappa shape index (κ1) is 14.6. The van der Waals surface area contributed by atoms with Crippen LogP contribution in [0.4, 0.5) is 10.8 Å². The van der Waals surface area contributed by atoms with Gasteiger partial charge in [-0.2, -0.15) is 0 Å². The maximum absolute atomic E-state index is 4.63. The predicted molar refractivity (Wildman–Crippen MR) is 98.8 cm³/mol. The van der Waals surface area contributed by atoms with Crippen molar-refractivity contribution in [1.82, 2.24) is 15.0 Å². The summed E-state index contributed by atoms with van der Waals surface area (Å²) in [6.07, 6.45) is 1.63. The van der Waals surface area contributed by atoms with Crippen molar-refractivity contribution in [3.8, 4) is 0 Å². The number of rotatable bonds is 5. The number of para-hydroxylation sites is 1. The first-order valence-electron chi connectivity index (χ1n) is 6.96. The number of nitrogens with one attached hydrogen (secondary N) is 1. The van der Waals surface area contributed by atoms with E-state index in [1.165, 1.54) is 0 Å². The molecule has 0 fully saturated rings. The largest absolute Gasteiger partial charge is 0.332 e. The number of benzene rings is 1. The highest BCUT2D eigenvalue weighted by atomic mass is 32.2. The fourth-order valence-electron chi connectivity index (χ4n) is 2.09. The standard InChI is InChI=1S/C16H12N4S3/c1-2-4-11(5-3-1)19-16-20-12(9-23-16)8-22-15-14-13(6-7-21-14)17-10-18-15/h1-7,9-10H,8H2,(H,19,20). The summed E-state index contributed by atoms with van der Waals surface area (Å²) in [7, 11) is 0. The van der Waals surface area contributed by atoms with Crippen LogP contribution >= 0.6 is 34.4 Å². The molecule has 0 aliphatic rings. The van der Waals surface area contributed by atoms with Gasteiger partial charge < -0.3 is 5.32 Å². The van der Waals surface area contributed by atoms with Crippen molar-refractivity contribution in [3.05, 3.63) is 59.2 Å². The van der Waals surface area contributed by atoms with Gasteiger partial charge in [0, 0.05) is 16.8 Å². The first-order chi connectivity index (χ1) is 11.4. The van der Waals surface area contributed by atoms with E-state index in [0.29, 0.717) is 0 Å². The lowest BCUT2D eigenvalue weighted by atomic mass is 10.3. The summed E-state index contributed by atoms with van der Waals surface area (Å²) >= 11 is 5.00. The van der Waals surface area contributed by atoms with Crippen molar-refractivity contribution >= 4 is 55.5 Å². The summed E-state index contributed by atoms with van der Waals surface area (Å²) in [5.41, 5.74) is 3.12. The van der Waals surface area contributed by atoms with Crippen LogP contribution in [0.25, 0.3) is 10.2 Å². The van der Waals surface area contributed by atoms with E-state index in [1.807, 2.05) is 41.8 Å². The van der Waals surface area contributed by atoms with Crippen LogP contribution in [-0.4, -0.2) is 15.0 Å². The Labute approximate surface area is 145 Å². The van der Waals surface area contributed by atoms with Crippen molar-refractivity contribution < 1.29 is 0 Å². The van der Waals surface area contributed by atoms with E-state index < -0.39 is 0 Å². The Bertz CT molecular complexity index is 917. The fraction of sp³-hybridized carbons (Fsp3) is 0.0625. The van der Waals surface area contributed by atoms with E-state index in [1.54, 1.807) is 40.8 Å². The zero-order valence-corrected chi connectivity index (χ0v) is 14.4. The molecular formula is C16H12N4S3. The molecule has 0 saturated carbocycles. The van der Waals surface area contributed by atoms with E-state index in [2.05, 4.69) is 25.6 Å². The Morgan fingerprint density at radius 3 is 2.87 bits per heavy atom. The second-order valence-electron chi connectivity index (χ2n) is 4.74. The fourth-order valence-corrected chi connectivity index (χ4v) is 4.76. The van der Waals surface area contributed by atoms with Gasteiger partial charge in [-0.25, -0.2) is 15.0 Å². The number of fused-ring (bicyclic) bond motifs is 1. The molecule has 4 aromatic rings. The molecular weight excluding hydrogens is 344 g/mol. The number of thiazole rings is 1. The van der Waals surface area contributed by atoms with E-state index in [9.17, 15) is 0 Å². The Morgan fingerprint density at radius 1 is 1.04 bits per heavy atom. The molecule has 7 heteroatoms. The number of aromatic nitrogens is 3. The molecule has 0 saturated heterocycles. The van der Waals surface area contributed by atoms with Gasteiger partial charge in [-0.1, -0.05) is 30.0 Å². The Morgan fingerprint density at radius 2 is 1.96 bits per heavy atom. The average Bonchev–Trinajstić information content (AvgIpc) is 3.23. The third kappa shape index (κ3) is 3.36. The molecule has 0 radical (unpaired) electrons. The number of thioether (sulfide) groups is 1. The first-order valence-corrected chi connectivity index (χ1v) is 9.70. The van der Waals surface area contributed by atoms with Gasteiger partial charge in [-0.05, 0) is 23.6 Å². The van der Waals surface area contributed by atoms with Crippen LogP contribution in [0, 0.1) is 0 Å². The minimum Gasteiger partial charge on any atom is -0.332 e. The summed E-state index contributed by atoms with van der Waals surface area (Å²) in [6.45, 7) is 0. The van der Waals surface area contributed by atoms with Gasteiger partial charge >= 0.3 is 0 Å². The molecule has 0 aliphatic heterocycles. The lowest BCUT2D eigenvalue weighted by Crippen LogP contribution is -1.90. The minimum atomic E-state index is 0.803. The third-order valence-corrected chi connectivity index (χ3v) is 6.01. The predicted octanol–water partition coefficient (Wildman–Crippen LogP) is 5.18. The Balaban J connectivity index is 1.45. The monoisotopic (exact) mass is 356 g/mol. The molecule has 23 heavy (non-hydrogen) atoms. The molecule has 0 atom stereocenters. The number of nitrogens with zero attached hydrogens (tertiary/aromatic N) is 3. The minimum absolute atomic E-state index is 0.803. The number of anilines is 2. The maximum atomic E-state index is 4.63. The zero-order valence-electron chi connectivity index (χ0n) is 12.0. The molecule has 3 aromatic heterocycles. The van der Waals surface area contributed by atoms with Crippen LogP contribution in [0.1, 0.15) is 5.69 Å². The highest BCUT2D eigenvalue weighted by Crippen LogP contribution is 2.31. The highest BCUT2D eigenvalue weighted by Gasteiger charge is 2.08. The van der Waals surface area contributed by atoms with Gasteiger partial charge in [0.1, 0.15) is 11.4 Å². The normalized spacial score (nSPS) is 11.0. The summed E-state index contributed by atoms with van der Waals surface area (Å²) in [5, 5.41) is 9.40. The molecule has 0 amide bonds. The average molecular weight is 357 g/mol. The van der Waals surface area contributed by atoms with Gasteiger partial charge in [0.25, 0.3) is 0 Å². The van der Waals surface area contributed by atoms with Crippen molar-refractivity contribution in [2.24, 2.45) is 0 Å². The van der Waals surface area contributed by atoms with Crippen molar-refractivity contribution in [3.63, 3.8) is 0 Å². The maximum Gasteiger partial charge on any atom is 0.187 e. The molecule has 0 aliphatic carbocycles. The van der Waals surface area contributed by atoms with Crippen LogP contribution in [-0.2, 0) is 5.75 Å². The second-order valence-corrected chi connectivity index (χ2v) is 7.48. The number of thiophene rings is 1. The zero-order chi connectivity index (χ0) is 15.5. The summed E-state index contributed by atoms with van der Waals surface area (Å²) in [6, 6.07) is 12.1. The third-order valence-electron chi connectivity index (χ3n) is 3.14. The smallest absolute Gasteiger partial charge is 0.187 e. The Hall–Kier alpha value is -1.96. The summed E-state index contributed by atoms with van der Waals surface area (Å²) < 4.78 is 1.15. The van der Waals surface area contributed by atoms with E-state index in [0.717, 1.165) is 37.5 Å². The van der Waals surface area contributed by atoms with E-state index >= 15 is 0 Å². The lowest BCUT2D eigenvalue weighted by molar-refractivity contribution is 1.10. The lowest BCUT2D eigenvalue weighted by Gasteiger charge is -2.01. The van der Waals surface area contributed by atoms with Crippen LogP contribution in [0.5, 0.6) is 0 Å². The molecule has 0 bridgehead atoms. The molecule has 3 heterocycles. The van der Waals surface area contributed by atoms with Gasteiger partial charge in [-0.3, -0.25) is 0 Å². The Kier molecular flexibility index (Phi) is 4.23. The van der Waals surface area contributed by atoms with Crippen molar-refractivity contribution in [2.75, 3.05) is 5.32 Å². The molecule has 1 N–H and O–H groups in total. The van der Waals surface area contributed by atoms with Crippen molar-refractivity contribution in [1.29, 1.82) is 0 Å². The van der Waals surface area contributed by atoms with Gasteiger partial charge in [0.2, 0.25) is 0 Å². The van der Waals surface area contributed by atoms with Crippen LogP contribution in [0.3, 0.4) is 0 Å². The van der Waals surface area contributed by atoms with E-state index in [-0.39, 0.29) is 0 Å².